The van der Waals surface area contributed by atoms with E-state index >= 15 is 0 Å². The first-order valence-corrected chi connectivity index (χ1v) is 8.17. The quantitative estimate of drug-likeness (QED) is 0.718. The summed E-state index contributed by atoms with van der Waals surface area (Å²) in [6, 6.07) is 8.64. The van der Waals surface area contributed by atoms with E-state index in [1.165, 1.54) is 46.8 Å². The van der Waals surface area contributed by atoms with Gasteiger partial charge in [0.25, 0.3) is 0 Å². The van der Waals surface area contributed by atoms with Crippen molar-refractivity contribution in [3.63, 3.8) is 0 Å². The summed E-state index contributed by atoms with van der Waals surface area (Å²) in [6.45, 7) is 1.09. The molecule has 0 bridgehead atoms. The van der Waals surface area contributed by atoms with Crippen molar-refractivity contribution in [3.8, 4) is 11.1 Å². The molecule has 0 aliphatic heterocycles. The van der Waals surface area contributed by atoms with Gasteiger partial charge in [0.2, 0.25) is 0 Å². The van der Waals surface area contributed by atoms with Gasteiger partial charge in [-0.05, 0) is 59.0 Å². The number of nitrogens with zero attached hydrogens (tertiary/aromatic N) is 2. The molecule has 1 aromatic heterocycles. The maximum Gasteiger partial charge on any atom is 0.0568 e. The molecule has 0 unspecified atom stereocenters. The standard InChI is InChI=1S/C16H19IN2/c17-16-8-6-14(7-9-16)15-10-18-19(12-15)11-13-4-2-1-3-5-13/h6-10,12-13H,1-5,11H2. The van der Waals surface area contributed by atoms with Gasteiger partial charge in [-0.1, -0.05) is 31.4 Å². The van der Waals surface area contributed by atoms with Crippen molar-refractivity contribution < 1.29 is 0 Å². The van der Waals surface area contributed by atoms with E-state index in [1.807, 2.05) is 6.20 Å². The van der Waals surface area contributed by atoms with Crippen molar-refractivity contribution in [2.75, 3.05) is 0 Å². The molecule has 1 heterocycles. The molecule has 1 aliphatic rings. The van der Waals surface area contributed by atoms with Crippen LogP contribution in [0.4, 0.5) is 0 Å². The van der Waals surface area contributed by atoms with Gasteiger partial charge in [-0.2, -0.15) is 5.10 Å². The minimum absolute atomic E-state index is 0.832. The van der Waals surface area contributed by atoms with Gasteiger partial charge in [0.05, 0.1) is 6.20 Å². The molecular formula is C16H19IN2. The molecule has 0 radical (unpaired) electrons. The molecule has 0 saturated heterocycles. The van der Waals surface area contributed by atoms with Gasteiger partial charge in [0, 0.05) is 21.9 Å². The molecule has 3 heteroatoms. The summed E-state index contributed by atoms with van der Waals surface area (Å²) in [5, 5.41) is 4.52. The summed E-state index contributed by atoms with van der Waals surface area (Å²) >= 11 is 2.34. The summed E-state index contributed by atoms with van der Waals surface area (Å²) < 4.78 is 3.40. The highest BCUT2D eigenvalue weighted by Gasteiger charge is 2.14. The van der Waals surface area contributed by atoms with Crippen LogP contribution in [-0.2, 0) is 6.54 Å². The Morgan fingerprint density at radius 2 is 1.79 bits per heavy atom. The summed E-state index contributed by atoms with van der Waals surface area (Å²) in [5.74, 6) is 0.832. The normalized spacial score (nSPS) is 16.7. The monoisotopic (exact) mass is 366 g/mol. The van der Waals surface area contributed by atoms with Crippen molar-refractivity contribution in [2.45, 2.75) is 38.6 Å². The van der Waals surface area contributed by atoms with Crippen LogP contribution in [0.3, 0.4) is 0 Å². The highest BCUT2D eigenvalue weighted by Crippen LogP contribution is 2.26. The minimum atomic E-state index is 0.832. The van der Waals surface area contributed by atoms with E-state index in [2.05, 4.69) is 62.8 Å². The van der Waals surface area contributed by atoms with Crippen LogP contribution in [-0.4, -0.2) is 9.78 Å². The molecule has 1 aliphatic carbocycles. The van der Waals surface area contributed by atoms with Crippen LogP contribution in [0.1, 0.15) is 32.1 Å². The number of hydrogen-bond donors (Lipinski definition) is 0. The fraction of sp³-hybridized carbons (Fsp3) is 0.438. The third kappa shape index (κ3) is 3.38. The first-order valence-electron chi connectivity index (χ1n) is 7.10. The molecule has 1 fully saturated rings. The second-order valence-electron chi connectivity index (χ2n) is 5.46. The Morgan fingerprint density at radius 1 is 1.05 bits per heavy atom. The van der Waals surface area contributed by atoms with Crippen LogP contribution in [0.15, 0.2) is 36.7 Å². The van der Waals surface area contributed by atoms with Crippen molar-refractivity contribution >= 4 is 22.6 Å². The van der Waals surface area contributed by atoms with Gasteiger partial charge in [0.1, 0.15) is 0 Å². The summed E-state index contributed by atoms with van der Waals surface area (Å²) in [7, 11) is 0. The smallest absolute Gasteiger partial charge is 0.0568 e. The first kappa shape index (κ1) is 13.2. The van der Waals surface area contributed by atoms with Gasteiger partial charge in [-0.3, -0.25) is 4.68 Å². The number of aromatic nitrogens is 2. The lowest BCUT2D eigenvalue weighted by Gasteiger charge is -2.21. The second kappa shape index (κ2) is 6.07. The number of benzene rings is 1. The first-order chi connectivity index (χ1) is 9.31. The molecule has 1 saturated carbocycles. The van der Waals surface area contributed by atoms with E-state index in [9.17, 15) is 0 Å². The molecule has 0 amide bonds. The lowest BCUT2D eigenvalue weighted by molar-refractivity contribution is 0.308. The van der Waals surface area contributed by atoms with Crippen LogP contribution >= 0.6 is 22.6 Å². The lowest BCUT2D eigenvalue weighted by Crippen LogP contribution is -2.14. The molecule has 0 spiro atoms. The molecule has 1 aromatic carbocycles. The Bertz CT molecular complexity index is 524. The fourth-order valence-corrected chi connectivity index (χ4v) is 3.25. The average molecular weight is 366 g/mol. The zero-order valence-corrected chi connectivity index (χ0v) is 13.2. The predicted octanol–water partition coefficient (Wildman–Crippen LogP) is 4.74. The average Bonchev–Trinajstić information content (AvgIpc) is 2.89. The highest BCUT2D eigenvalue weighted by molar-refractivity contribution is 14.1. The predicted molar refractivity (Wildman–Crippen MR) is 87.0 cm³/mol. The van der Waals surface area contributed by atoms with Gasteiger partial charge < -0.3 is 0 Å². The second-order valence-corrected chi connectivity index (χ2v) is 6.71. The van der Waals surface area contributed by atoms with E-state index in [-0.39, 0.29) is 0 Å². The molecule has 2 aromatic rings. The van der Waals surface area contributed by atoms with Crippen LogP contribution in [0, 0.1) is 9.49 Å². The van der Waals surface area contributed by atoms with Crippen molar-refractivity contribution in [2.24, 2.45) is 5.92 Å². The van der Waals surface area contributed by atoms with E-state index in [4.69, 9.17) is 0 Å². The Hall–Kier alpha value is -0.840. The Morgan fingerprint density at radius 3 is 2.53 bits per heavy atom. The molecule has 0 N–H and O–H groups in total. The zero-order valence-electron chi connectivity index (χ0n) is 11.1. The summed E-state index contributed by atoms with van der Waals surface area (Å²) in [6.07, 6.45) is 11.1. The molecule has 3 rings (SSSR count). The molecule has 0 atom stereocenters. The molecule has 100 valence electrons. The van der Waals surface area contributed by atoms with Crippen LogP contribution in [0.5, 0.6) is 0 Å². The van der Waals surface area contributed by atoms with Crippen molar-refractivity contribution in [1.29, 1.82) is 0 Å². The van der Waals surface area contributed by atoms with Gasteiger partial charge in [-0.25, -0.2) is 0 Å². The van der Waals surface area contributed by atoms with Gasteiger partial charge in [-0.15, -0.1) is 0 Å². The lowest BCUT2D eigenvalue weighted by atomic mass is 9.89. The van der Waals surface area contributed by atoms with E-state index in [0.717, 1.165) is 12.5 Å². The van der Waals surface area contributed by atoms with Crippen molar-refractivity contribution in [3.05, 3.63) is 40.2 Å². The summed E-state index contributed by atoms with van der Waals surface area (Å²) in [5.41, 5.74) is 2.49. The molecule has 19 heavy (non-hydrogen) atoms. The van der Waals surface area contributed by atoms with Crippen LogP contribution in [0.2, 0.25) is 0 Å². The third-order valence-corrected chi connectivity index (χ3v) is 4.70. The summed E-state index contributed by atoms with van der Waals surface area (Å²) in [4.78, 5) is 0. The van der Waals surface area contributed by atoms with Crippen LogP contribution < -0.4 is 0 Å². The van der Waals surface area contributed by atoms with Crippen molar-refractivity contribution in [1.82, 2.24) is 9.78 Å². The number of hydrogen-bond acceptors (Lipinski definition) is 1. The fourth-order valence-electron chi connectivity index (χ4n) is 2.89. The maximum atomic E-state index is 4.52. The largest absolute Gasteiger partial charge is 0.272 e. The maximum absolute atomic E-state index is 4.52. The zero-order chi connectivity index (χ0) is 13.1. The Kier molecular flexibility index (Phi) is 4.21. The molecule has 2 nitrogen and oxygen atoms in total. The third-order valence-electron chi connectivity index (χ3n) is 3.98. The van der Waals surface area contributed by atoms with Gasteiger partial charge in [0.15, 0.2) is 0 Å². The Balaban J connectivity index is 1.70. The van der Waals surface area contributed by atoms with E-state index < -0.39 is 0 Å². The molecular weight excluding hydrogens is 347 g/mol. The minimum Gasteiger partial charge on any atom is -0.272 e. The Labute approximate surface area is 128 Å². The number of halogens is 1. The topological polar surface area (TPSA) is 17.8 Å². The van der Waals surface area contributed by atoms with E-state index in [0.29, 0.717) is 0 Å². The van der Waals surface area contributed by atoms with E-state index in [1.54, 1.807) is 0 Å². The van der Waals surface area contributed by atoms with Crippen LogP contribution in [0.25, 0.3) is 11.1 Å². The SMILES string of the molecule is Ic1ccc(-c2cnn(CC3CCCCC3)c2)cc1. The number of rotatable bonds is 3. The van der Waals surface area contributed by atoms with Gasteiger partial charge >= 0.3 is 0 Å². The highest BCUT2D eigenvalue weighted by atomic mass is 127.